The molecule has 0 aromatic heterocycles. The first kappa shape index (κ1) is 33.7. The maximum Gasteiger partial charge on any atom is -0.0273 e. The Morgan fingerprint density at radius 2 is 0.472 bits per heavy atom. The maximum atomic E-state index is 2.26. The van der Waals surface area contributed by atoms with E-state index in [9.17, 15) is 0 Å². The fourth-order valence-corrected chi connectivity index (χ4v) is 4.87. The second kappa shape index (κ2) is 21.9. The normalized spacial score (nSPS) is 13.5. The van der Waals surface area contributed by atoms with Crippen molar-refractivity contribution in [2.24, 2.45) is 0 Å². The van der Waals surface area contributed by atoms with Crippen molar-refractivity contribution in [2.75, 3.05) is 0 Å². The van der Waals surface area contributed by atoms with Gasteiger partial charge in [0.15, 0.2) is 0 Å². The summed E-state index contributed by atoms with van der Waals surface area (Å²) in [6, 6.07) is 26.3. The fraction of sp³-hybridized carbons (Fsp3) is 0.500. The third-order valence-corrected chi connectivity index (χ3v) is 6.53. The van der Waals surface area contributed by atoms with Crippen molar-refractivity contribution in [1.29, 1.82) is 0 Å². The maximum absolute atomic E-state index is 2.26. The van der Waals surface area contributed by atoms with Crippen molar-refractivity contribution in [2.45, 2.75) is 120 Å². The van der Waals surface area contributed by atoms with Crippen LogP contribution in [0.2, 0.25) is 0 Å². The van der Waals surface area contributed by atoms with Crippen LogP contribution in [0, 0.1) is 0 Å². The van der Waals surface area contributed by atoms with Gasteiger partial charge < -0.3 is 0 Å². The van der Waals surface area contributed by atoms with Gasteiger partial charge in [-0.3, -0.25) is 0 Å². The van der Waals surface area contributed by atoms with Gasteiger partial charge in [-0.1, -0.05) is 122 Å². The zero-order valence-corrected chi connectivity index (χ0v) is 23.7. The molecule has 0 heteroatoms. The molecule has 3 aromatic carbocycles. The van der Waals surface area contributed by atoms with Crippen LogP contribution in [0.15, 0.2) is 72.8 Å². The minimum Gasteiger partial charge on any atom is -0.0776 e. The van der Waals surface area contributed by atoms with E-state index in [0.717, 1.165) is 0 Å². The van der Waals surface area contributed by atoms with Crippen molar-refractivity contribution >= 4 is 0 Å². The Hall–Kier alpha value is -2.34. The molecule has 0 saturated heterocycles. The highest BCUT2D eigenvalue weighted by atomic mass is 14.1. The van der Waals surface area contributed by atoms with Crippen LogP contribution < -0.4 is 0 Å². The Morgan fingerprint density at radius 1 is 0.306 bits per heavy atom. The summed E-state index contributed by atoms with van der Waals surface area (Å²) >= 11 is 0. The van der Waals surface area contributed by atoms with Crippen LogP contribution in [0.1, 0.15) is 114 Å². The van der Waals surface area contributed by atoms with Gasteiger partial charge in [0, 0.05) is 0 Å². The van der Waals surface area contributed by atoms with Crippen molar-refractivity contribution in [3.8, 4) is 0 Å². The van der Waals surface area contributed by atoms with Crippen LogP contribution in [-0.4, -0.2) is 0 Å². The van der Waals surface area contributed by atoms with Gasteiger partial charge in [0.05, 0.1) is 0 Å². The summed E-state index contributed by atoms with van der Waals surface area (Å²) in [6.07, 6.45) is 14.7. The molecule has 0 amide bonds. The molecule has 0 fully saturated rings. The van der Waals surface area contributed by atoms with Gasteiger partial charge in [-0.05, 0) is 104 Å². The molecule has 0 bridgehead atoms. The number of hydrogen-bond acceptors (Lipinski definition) is 0. The summed E-state index contributed by atoms with van der Waals surface area (Å²) in [5, 5.41) is 0. The monoisotopic (exact) mass is 488 g/mol. The first-order chi connectivity index (χ1) is 17.4. The van der Waals surface area contributed by atoms with Gasteiger partial charge >= 0.3 is 0 Å². The quantitative estimate of drug-likeness (QED) is 0.295. The molecule has 0 radical (unpaired) electrons. The van der Waals surface area contributed by atoms with Gasteiger partial charge in [0.1, 0.15) is 0 Å². The fourth-order valence-electron chi connectivity index (χ4n) is 4.87. The molecular formula is C36H56. The summed E-state index contributed by atoms with van der Waals surface area (Å²) in [5.41, 5.74) is 9.44. The van der Waals surface area contributed by atoms with Gasteiger partial charge in [0.2, 0.25) is 0 Å². The van der Waals surface area contributed by atoms with Crippen LogP contribution in [0.3, 0.4) is 0 Å². The SMILES string of the molecule is C.CC.CC.CC.c1ccc2c(c1)CCC2.c1ccc2c(c1)CCCC2.c1ccc2c(c1)CCCC2. The van der Waals surface area contributed by atoms with Gasteiger partial charge in [0.25, 0.3) is 0 Å². The topological polar surface area (TPSA) is 0 Å². The smallest absolute Gasteiger partial charge is 0.0273 e. The number of rotatable bonds is 0. The third-order valence-electron chi connectivity index (χ3n) is 6.53. The van der Waals surface area contributed by atoms with Crippen molar-refractivity contribution < 1.29 is 0 Å². The summed E-state index contributed by atoms with van der Waals surface area (Å²) < 4.78 is 0. The highest BCUT2D eigenvalue weighted by molar-refractivity contribution is 5.31. The van der Waals surface area contributed by atoms with Gasteiger partial charge in [-0.25, -0.2) is 0 Å². The molecule has 200 valence electrons. The molecule has 0 heterocycles. The van der Waals surface area contributed by atoms with Crippen molar-refractivity contribution in [1.82, 2.24) is 0 Å². The standard InChI is InChI=1S/2C10H12.C9H10.3C2H6.CH4/c2*1-2-6-10-8-4-3-7-9(10)5-1;1-2-5-9-7-3-6-8(9)4-1;3*1-2;/h2*1-2,5-6H,3-4,7-8H2;1-2,4-5H,3,6-7H2;3*1-2H3;1H4. The average Bonchev–Trinajstić information content (AvgIpc) is 3.46. The summed E-state index contributed by atoms with van der Waals surface area (Å²) in [6.45, 7) is 12.0. The third kappa shape index (κ3) is 11.6. The number of fused-ring (bicyclic) bond motifs is 3. The van der Waals surface area contributed by atoms with E-state index >= 15 is 0 Å². The molecule has 3 aromatic rings. The van der Waals surface area contributed by atoms with Crippen molar-refractivity contribution in [3.05, 3.63) is 106 Å². The highest BCUT2D eigenvalue weighted by Crippen LogP contribution is 2.21. The minimum atomic E-state index is 0. The van der Waals surface area contributed by atoms with E-state index in [1.54, 1.807) is 33.4 Å². The predicted octanol–water partition coefficient (Wildman–Crippen LogP) is 11.0. The summed E-state index contributed by atoms with van der Waals surface area (Å²) in [5.74, 6) is 0. The van der Waals surface area contributed by atoms with Crippen LogP contribution in [0.4, 0.5) is 0 Å². The lowest BCUT2D eigenvalue weighted by Gasteiger charge is -2.13. The Morgan fingerprint density at radius 3 is 0.667 bits per heavy atom. The molecule has 0 atom stereocenters. The zero-order valence-electron chi connectivity index (χ0n) is 23.7. The van der Waals surface area contributed by atoms with Crippen molar-refractivity contribution in [3.63, 3.8) is 0 Å². The Bertz CT molecular complexity index is 781. The molecule has 36 heavy (non-hydrogen) atoms. The molecule has 0 saturated carbocycles. The Labute approximate surface area is 225 Å². The van der Waals surface area contributed by atoms with Gasteiger partial charge in [-0.2, -0.15) is 0 Å². The molecule has 3 aliphatic carbocycles. The zero-order chi connectivity index (χ0) is 25.7. The van der Waals surface area contributed by atoms with E-state index in [2.05, 4.69) is 72.8 Å². The largest absolute Gasteiger partial charge is 0.0776 e. The Balaban J connectivity index is 0.000000457. The predicted molar refractivity (Wildman–Crippen MR) is 165 cm³/mol. The van der Waals surface area contributed by atoms with E-state index in [4.69, 9.17) is 0 Å². The van der Waals surface area contributed by atoms with E-state index in [0.29, 0.717) is 0 Å². The summed E-state index contributed by atoms with van der Waals surface area (Å²) in [7, 11) is 0. The lowest BCUT2D eigenvalue weighted by Crippen LogP contribution is -2.00. The van der Waals surface area contributed by atoms with Crippen LogP contribution in [-0.2, 0) is 38.5 Å². The molecular weight excluding hydrogens is 432 g/mol. The Kier molecular flexibility index (Phi) is 20.5. The first-order valence-electron chi connectivity index (χ1n) is 14.6. The number of aryl methyl sites for hydroxylation is 6. The average molecular weight is 489 g/mol. The van der Waals surface area contributed by atoms with E-state index in [-0.39, 0.29) is 7.43 Å². The molecule has 0 aliphatic heterocycles. The lowest BCUT2D eigenvalue weighted by atomic mass is 9.92. The summed E-state index contributed by atoms with van der Waals surface area (Å²) in [4.78, 5) is 0. The van der Waals surface area contributed by atoms with Crippen LogP contribution >= 0.6 is 0 Å². The second-order valence-electron chi connectivity index (χ2n) is 8.57. The first-order valence-corrected chi connectivity index (χ1v) is 14.6. The van der Waals surface area contributed by atoms with Crippen LogP contribution in [0.5, 0.6) is 0 Å². The highest BCUT2D eigenvalue weighted by Gasteiger charge is 2.08. The number of hydrogen-bond donors (Lipinski definition) is 0. The lowest BCUT2D eigenvalue weighted by molar-refractivity contribution is 0.685. The molecule has 0 nitrogen and oxygen atoms in total. The number of benzene rings is 3. The molecule has 6 rings (SSSR count). The minimum absolute atomic E-state index is 0. The molecule has 0 unspecified atom stereocenters. The van der Waals surface area contributed by atoms with E-state index < -0.39 is 0 Å². The molecule has 0 N–H and O–H groups in total. The van der Waals surface area contributed by atoms with E-state index in [1.165, 1.54) is 70.6 Å². The second-order valence-corrected chi connectivity index (χ2v) is 8.57. The van der Waals surface area contributed by atoms with Crippen LogP contribution in [0.25, 0.3) is 0 Å². The molecule has 0 spiro atoms. The molecule has 3 aliphatic rings. The van der Waals surface area contributed by atoms with E-state index in [1.807, 2.05) is 41.5 Å². The van der Waals surface area contributed by atoms with Gasteiger partial charge in [-0.15, -0.1) is 0 Å².